The van der Waals surface area contributed by atoms with Crippen LogP contribution >= 0.6 is 0 Å². The third kappa shape index (κ3) is 5.92. The third-order valence-electron chi connectivity index (χ3n) is 5.37. The topological polar surface area (TPSA) is 95.6 Å². The van der Waals surface area contributed by atoms with Gasteiger partial charge in [-0.3, -0.25) is 9.59 Å². The third-order valence-corrected chi connectivity index (χ3v) is 7.28. The normalized spacial score (nSPS) is 14.9. The van der Waals surface area contributed by atoms with Crippen molar-refractivity contribution in [3.63, 3.8) is 0 Å². The minimum atomic E-state index is -3.48. The summed E-state index contributed by atoms with van der Waals surface area (Å²) in [5.41, 5.74) is 2.41. The van der Waals surface area contributed by atoms with Gasteiger partial charge in [0.25, 0.3) is 0 Å². The molecule has 0 saturated carbocycles. The van der Waals surface area contributed by atoms with Gasteiger partial charge in [-0.15, -0.1) is 0 Å². The molecule has 0 aromatic heterocycles. The number of hydrogen-bond donors (Lipinski definition) is 2. The lowest BCUT2D eigenvalue weighted by Gasteiger charge is -2.25. The molecule has 0 radical (unpaired) electrons. The van der Waals surface area contributed by atoms with Crippen molar-refractivity contribution in [2.75, 3.05) is 18.4 Å². The minimum absolute atomic E-state index is 0.128. The molecular weight excluding hydrogens is 414 g/mol. The number of anilines is 1. The monoisotopic (exact) mass is 443 g/mol. The molecule has 3 rings (SSSR count). The van der Waals surface area contributed by atoms with Crippen LogP contribution < -0.4 is 10.6 Å². The number of amides is 2. The second-order valence-corrected chi connectivity index (χ2v) is 9.96. The summed E-state index contributed by atoms with van der Waals surface area (Å²) in [5.74, 6) is -1.12. The van der Waals surface area contributed by atoms with Crippen molar-refractivity contribution in [1.29, 1.82) is 0 Å². The maximum atomic E-state index is 12.7. The Kier molecular flexibility index (Phi) is 7.46. The van der Waals surface area contributed by atoms with E-state index in [2.05, 4.69) is 24.5 Å². The Morgan fingerprint density at radius 2 is 1.52 bits per heavy atom. The fourth-order valence-corrected chi connectivity index (χ4v) is 4.95. The zero-order valence-electron chi connectivity index (χ0n) is 17.9. The molecule has 1 aliphatic rings. The summed E-state index contributed by atoms with van der Waals surface area (Å²) in [4.78, 5) is 24.5. The number of carbonyl (C=O) groups is 2. The van der Waals surface area contributed by atoms with E-state index in [0.29, 0.717) is 30.3 Å². The summed E-state index contributed by atoms with van der Waals surface area (Å²) in [7, 11) is -3.48. The fourth-order valence-electron chi connectivity index (χ4n) is 3.44. The molecule has 2 N–H and O–H groups in total. The standard InChI is InChI=1S/C23H29N3O4S/c1-17(2)19-8-10-20(11-9-19)25-23(28)22(27)24-16-18-6-12-21(13-7-18)31(29,30)26-14-4-3-5-15-26/h6-13,17H,3-5,14-16H2,1-2H3,(H,24,27)(H,25,28). The van der Waals surface area contributed by atoms with Gasteiger partial charge < -0.3 is 10.6 Å². The summed E-state index contributed by atoms with van der Waals surface area (Å²) < 4.78 is 26.9. The van der Waals surface area contributed by atoms with Crippen LogP contribution in [0.5, 0.6) is 0 Å². The molecule has 1 fully saturated rings. The average molecular weight is 444 g/mol. The van der Waals surface area contributed by atoms with Gasteiger partial charge in [0.05, 0.1) is 4.90 Å². The van der Waals surface area contributed by atoms with E-state index < -0.39 is 21.8 Å². The van der Waals surface area contributed by atoms with E-state index in [9.17, 15) is 18.0 Å². The van der Waals surface area contributed by atoms with Crippen molar-refractivity contribution in [3.8, 4) is 0 Å². The molecule has 2 aromatic rings. The van der Waals surface area contributed by atoms with Crippen LogP contribution in [-0.2, 0) is 26.2 Å². The Bertz CT molecular complexity index is 1010. The summed E-state index contributed by atoms with van der Waals surface area (Å²) >= 11 is 0. The molecule has 0 bridgehead atoms. The lowest BCUT2D eigenvalue weighted by atomic mass is 10.0. The summed E-state index contributed by atoms with van der Waals surface area (Å²) in [6.07, 6.45) is 2.82. The van der Waals surface area contributed by atoms with E-state index in [1.54, 1.807) is 36.4 Å². The van der Waals surface area contributed by atoms with Crippen molar-refractivity contribution in [2.24, 2.45) is 0 Å². The quantitative estimate of drug-likeness (QED) is 0.670. The first-order valence-corrected chi connectivity index (χ1v) is 12.0. The Balaban J connectivity index is 1.53. The van der Waals surface area contributed by atoms with Crippen LogP contribution in [0.25, 0.3) is 0 Å². The van der Waals surface area contributed by atoms with Gasteiger partial charge in [-0.25, -0.2) is 8.42 Å². The van der Waals surface area contributed by atoms with Crippen LogP contribution in [0.2, 0.25) is 0 Å². The highest BCUT2D eigenvalue weighted by Gasteiger charge is 2.25. The van der Waals surface area contributed by atoms with E-state index in [4.69, 9.17) is 0 Å². The average Bonchev–Trinajstić information content (AvgIpc) is 2.78. The van der Waals surface area contributed by atoms with E-state index in [1.165, 1.54) is 4.31 Å². The maximum Gasteiger partial charge on any atom is 0.313 e. The maximum absolute atomic E-state index is 12.7. The molecule has 1 heterocycles. The molecule has 31 heavy (non-hydrogen) atoms. The summed E-state index contributed by atoms with van der Waals surface area (Å²) in [6.45, 7) is 5.39. The Morgan fingerprint density at radius 1 is 0.903 bits per heavy atom. The molecule has 2 aromatic carbocycles. The van der Waals surface area contributed by atoms with E-state index in [1.807, 2.05) is 12.1 Å². The molecule has 1 saturated heterocycles. The summed E-state index contributed by atoms with van der Waals surface area (Å²) in [6, 6.07) is 13.8. The lowest BCUT2D eigenvalue weighted by molar-refractivity contribution is -0.136. The minimum Gasteiger partial charge on any atom is -0.344 e. The number of nitrogens with zero attached hydrogens (tertiary/aromatic N) is 1. The summed E-state index contributed by atoms with van der Waals surface area (Å²) in [5, 5.41) is 5.13. The second kappa shape index (κ2) is 10.1. The SMILES string of the molecule is CC(C)c1ccc(NC(=O)C(=O)NCc2ccc(S(=O)(=O)N3CCCCC3)cc2)cc1. The zero-order valence-corrected chi connectivity index (χ0v) is 18.7. The van der Waals surface area contributed by atoms with Gasteiger partial charge in [-0.05, 0) is 54.2 Å². The van der Waals surface area contributed by atoms with Crippen LogP contribution in [0, 0.1) is 0 Å². The highest BCUT2D eigenvalue weighted by Crippen LogP contribution is 2.21. The predicted molar refractivity (Wildman–Crippen MR) is 120 cm³/mol. The molecule has 0 aliphatic carbocycles. The van der Waals surface area contributed by atoms with Crippen LogP contribution in [0.4, 0.5) is 5.69 Å². The number of nitrogens with one attached hydrogen (secondary N) is 2. The molecule has 1 aliphatic heterocycles. The van der Waals surface area contributed by atoms with Crippen molar-refractivity contribution >= 4 is 27.5 Å². The van der Waals surface area contributed by atoms with Crippen molar-refractivity contribution in [1.82, 2.24) is 9.62 Å². The molecule has 7 nitrogen and oxygen atoms in total. The smallest absolute Gasteiger partial charge is 0.313 e. The largest absolute Gasteiger partial charge is 0.344 e. The fraction of sp³-hybridized carbons (Fsp3) is 0.391. The number of piperidine rings is 1. The first kappa shape index (κ1) is 23.0. The highest BCUT2D eigenvalue weighted by molar-refractivity contribution is 7.89. The lowest BCUT2D eigenvalue weighted by Crippen LogP contribution is -2.35. The van der Waals surface area contributed by atoms with E-state index in [0.717, 1.165) is 24.8 Å². The number of rotatable bonds is 6. The van der Waals surface area contributed by atoms with Crippen molar-refractivity contribution in [2.45, 2.75) is 50.5 Å². The van der Waals surface area contributed by atoms with Crippen LogP contribution in [-0.4, -0.2) is 37.6 Å². The first-order chi connectivity index (χ1) is 14.8. The molecule has 166 valence electrons. The van der Waals surface area contributed by atoms with Crippen LogP contribution in [0.1, 0.15) is 50.2 Å². The molecule has 0 atom stereocenters. The molecule has 2 amide bonds. The van der Waals surface area contributed by atoms with Crippen molar-refractivity contribution in [3.05, 3.63) is 59.7 Å². The Morgan fingerprint density at radius 3 is 2.10 bits per heavy atom. The van der Waals surface area contributed by atoms with Gasteiger partial charge in [0.2, 0.25) is 10.0 Å². The number of benzene rings is 2. The molecule has 0 unspecified atom stereocenters. The van der Waals surface area contributed by atoms with Gasteiger partial charge >= 0.3 is 11.8 Å². The van der Waals surface area contributed by atoms with Crippen molar-refractivity contribution < 1.29 is 18.0 Å². The molecular formula is C23H29N3O4S. The number of sulfonamides is 1. The molecule has 0 spiro atoms. The van der Waals surface area contributed by atoms with Crippen LogP contribution in [0.15, 0.2) is 53.4 Å². The molecule has 8 heteroatoms. The van der Waals surface area contributed by atoms with E-state index >= 15 is 0 Å². The number of carbonyl (C=O) groups excluding carboxylic acids is 2. The zero-order chi connectivity index (χ0) is 22.4. The first-order valence-electron chi connectivity index (χ1n) is 10.6. The number of hydrogen-bond acceptors (Lipinski definition) is 4. The highest BCUT2D eigenvalue weighted by atomic mass is 32.2. The van der Waals surface area contributed by atoms with Gasteiger partial charge in [-0.2, -0.15) is 4.31 Å². The Labute approximate surface area is 183 Å². The predicted octanol–water partition coefficient (Wildman–Crippen LogP) is 3.24. The van der Waals surface area contributed by atoms with Crippen LogP contribution in [0.3, 0.4) is 0 Å². The van der Waals surface area contributed by atoms with Gasteiger partial charge in [0.15, 0.2) is 0 Å². The van der Waals surface area contributed by atoms with Gasteiger partial charge in [0.1, 0.15) is 0 Å². The van der Waals surface area contributed by atoms with Gasteiger partial charge in [-0.1, -0.05) is 44.5 Å². The van der Waals surface area contributed by atoms with Gasteiger partial charge in [0, 0.05) is 25.3 Å². The Hall–Kier alpha value is -2.71. The van der Waals surface area contributed by atoms with E-state index in [-0.39, 0.29) is 11.4 Å². The second-order valence-electron chi connectivity index (χ2n) is 8.02.